The zero-order valence-corrected chi connectivity index (χ0v) is 12.5. The summed E-state index contributed by atoms with van der Waals surface area (Å²) in [5.41, 5.74) is 1.42. The highest BCUT2D eigenvalue weighted by Gasteiger charge is 2.25. The number of carbonyl (C=O) groups is 1. The van der Waals surface area contributed by atoms with E-state index in [0.717, 1.165) is 23.7 Å². The SMILES string of the molecule is CC(C#N)Sc1cc(C(=O)NC2CC2)c2ccccc2n1. The molecule has 1 aromatic heterocycles. The monoisotopic (exact) mass is 297 g/mol. The molecule has 1 N–H and O–H groups in total. The molecule has 106 valence electrons. The van der Waals surface area contributed by atoms with Crippen LogP contribution in [0.2, 0.25) is 0 Å². The summed E-state index contributed by atoms with van der Waals surface area (Å²) >= 11 is 1.37. The molecule has 0 saturated heterocycles. The van der Waals surface area contributed by atoms with Crippen molar-refractivity contribution in [2.24, 2.45) is 0 Å². The molecule has 1 heterocycles. The maximum absolute atomic E-state index is 12.4. The molecule has 1 fully saturated rings. The van der Waals surface area contributed by atoms with Crippen LogP contribution in [0.5, 0.6) is 0 Å². The molecule has 4 nitrogen and oxygen atoms in total. The summed E-state index contributed by atoms with van der Waals surface area (Å²) in [7, 11) is 0. The van der Waals surface area contributed by atoms with E-state index >= 15 is 0 Å². The van der Waals surface area contributed by atoms with Crippen molar-refractivity contribution < 1.29 is 4.79 Å². The third kappa shape index (κ3) is 3.17. The molecule has 5 heteroatoms. The first kappa shape index (κ1) is 13.9. The summed E-state index contributed by atoms with van der Waals surface area (Å²) in [6.07, 6.45) is 2.11. The van der Waals surface area contributed by atoms with Gasteiger partial charge in [-0.05, 0) is 31.9 Å². The highest BCUT2D eigenvalue weighted by atomic mass is 32.2. The first-order chi connectivity index (χ1) is 10.2. The number of nitrogens with one attached hydrogen (secondary N) is 1. The number of amides is 1. The van der Waals surface area contributed by atoms with E-state index < -0.39 is 0 Å². The van der Waals surface area contributed by atoms with Gasteiger partial charge < -0.3 is 5.32 Å². The number of aromatic nitrogens is 1. The molecule has 0 bridgehead atoms. The second-order valence-corrected chi connectivity index (χ2v) is 6.52. The Morgan fingerprint density at radius 1 is 1.48 bits per heavy atom. The van der Waals surface area contributed by atoms with Crippen molar-refractivity contribution in [3.63, 3.8) is 0 Å². The first-order valence-corrected chi connectivity index (χ1v) is 7.82. The zero-order chi connectivity index (χ0) is 14.8. The molecule has 0 spiro atoms. The molecule has 1 unspecified atom stereocenters. The van der Waals surface area contributed by atoms with Crippen LogP contribution < -0.4 is 5.32 Å². The van der Waals surface area contributed by atoms with Crippen LogP contribution in [0, 0.1) is 11.3 Å². The molecule has 0 radical (unpaired) electrons. The van der Waals surface area contributed by atoms with E-state index in [9.17, 15) is 4.79 Å². The Hall–Kier alpha value is -2.06. The first-order valence-electron chi connectivity index (χ1n) is 6.94. The Kier molecular flexibility index (Phi) is 3.80. The van der Waals surface area contributed by atoms with E-state index in [2.05, 4.69) is 16.4 Å². The molecule has 1 aromatic carbocycles. The summed E-state index contributed by atoms with van der Waals surface area (Å²) in [5.74, 6) is -0.0532. The third-order valence-corrected chi connectivity index (χ3v) is 4.24. The van der Waals surface area contributed by atoms with Crippen molar-refractivity contribution in [2.45, 2.75) is 36.1 Å². The minimum Gasteiger partial charge on any atom is -0.349 e. The van der Waals surface area contributed by atoms with Gasteiger partial charge >= 0.3 is 0 Å². The molecule has 1 aliphatic rings. The number of hydrogen-bond donors (Lipinski definition) is 1. The van der Waals surface area contributed by atoms with Gasteiger partial charge in [-0.25, -0.2) is 4.98 Å². The summed E-state index contributed by atoms with van der Waals surface area (Å²) in [5, 5.41) is 13.3. The highest BCUT2D eigenvalue weighted by Crippen LogP contribution is 2.27. The van der Waals surface area contributed by atoms with Crippen molar-refractivity contribution in [3.8, 4) is 6.07 Å². The van der Waals surface area contributed by atoms with Crippen LogP contribution in [-0.2, 0) is 0 Å². The van der Waals surface area contributed by atoms with Crippen LogP contribution in [0.15, 0.2) is 35.4 Å². The fraction of sp³-hybridized carbons (Fsp3) is 0.312. The highest BCUT2D eigenvalue weighted by molar-refractivity contribution is 8.00. The van der Waals surface area contributed by atoms with E-state index in [0.29, 0.717) is 16.6 Å². The van der Waals surface area contributed by atoms with Gasteiger partial charge in [0.2, 0.25) is 0 Å². The molecule has 1 saturated carbocycles. The predicted molar refractivity (Wildman–Crippen MR) is 83.2 cm³/mol. The van der Waals surface area contributed by atoms with Crippen LogP contribution in [0.4, 0.5) is 0 Å². The quantitative estimate of drug-likeness (QED) is 0.880. The van der Waals surface area contributed by atoms with Gasteiger partial charge in [0.1, 0.15) is 0 Å². The number of fused-ring (bicyclic) bond motifs is 1. The lowest BCUT2D eigenvalue weighted by atomic mass is 10.1. The number of hydrogen-bond acceptors (Lipinski definition) is 4. The predicted octanol–water partition coefficient (Wildman–Crippen LogP) is 3.13. The Labute approximate surface area is 127 Å². The molecule has 1 aliphatic carbocycles. The van der Waals surface area contributed by atoms with Gasteiger partial charge in [0.05, 0.1) is 27.4 Å². The van der Waals surface area contributed by atoms with Crippen molar-refractivity contribution in [1.82, 2.24) is 10.3 Å². The van der Waals surface area contributed by atoms with Crippen molar-refractivity contribution in [3.05, 3.63) is 35.9 Å². The molecule has 3 rings (SSSR count). The Bertz CT molecular complexity index is 734. The Morgan fingerprint density at radius 3 is 2.95 bits per heavy atom. The van der Waals surface area contributed by atoms with E-state index in [1.165, 1.54) is 11.8 Å². The lowest BCUT2D eigenvalue weighted by Gasteiger charge is -2.10. The third-order valence-electron chi connectivity index (χ3n) is 3.33. The minimum atomic E-state index is -0.196. The molecule has 2 aromatic rings. The number of benzene rings is 1. The summed E-state index contributed by atoms with van der Waals surface area (Å²) in [6.45, 7) is 1.82. The average Bonchev–Trinajstić information content (AvgIpc) is 3.30. The fourth-order valence-electron chi connectivity index (χ4n) is 2.10. The van der Waals surface area contributed by atoms with Crippen molar-refractivity contribution in [1.29, 1.82) is 5.26 Å². The standard InChI is InChI=1S/C16H15N3OS/c1-10(9-17)21-15-8-13(16(20)18-11-6-7-11)12-4-2-3-5-14(12)19-15/h2-5,8,10-11H,6-7H2,1H3,(H,18,20). The minimum absolute atomic E-state index is 0.0532. The number of pyridine rings is 1. The van der Waals surface area contributed by atoms with E-state index in [1.807, 2.05) is 31.2 Å². The molecule has 21 heavy (non-hydrogen) atoms. The van der Waals surface area contributed by atoms with Crippen molar-refractivity contribution >= 4 is 28.6 Å². The number of nitrogens with zero attached hydrogens (tertiary/aromatic N) is 2. The average molecular weight is 297 g/mol. The van der Waals surface area contributed by atoms with Crippen LogP contribution >= 0.6 is 11.8 Å². The lowest BCUT2D eigenvalue weighted by Crippen LogP contribution is -2.25. The fourth-order valence-corrected chi connectivity index (χ4v) is 2.85. The molecular weight excluding hydrogens is 282 g/mol. The van der Waals surface area contributed by atoms with Gasteiger partial charge in [0, 0.05) is 11.4 Å². The lowest BCUT2D eigenvalue weighted by molar-refractivity contribution is 0.0952. The number of carbonyl (C=O) groups excluding carboxylic acids is 1. The summed E-state index contributed by atoms with van der Waals surface area (Å²) < 4.78 is 0. The number of para-hydroxylation sites is 1. The second-order valence-electron chi connectivity index (χ2n) is 5.16. The Morgan fingerprint density at radius 2 is 2.24 bits per heavy atom. The number of thioether (sulfide) groups is 1. The number of rotatable bonds is 4. The van der Waals surface area contributed by atoms with Gasteiger partial charge in [-0.1, -0.05) is 30.0 Å². The van der Waals surface area contributed by atoms with Crippen molar-refractivity contribution in [2.75, 3.05) is 0 Å². The van der Waals surface area contributed by atoms with Crippen LogP contribution in [0.1, 0.15) is 30.1 Å². The Balaban J connectivity index is 2.02. The molecule has 1 atom stereocenters. The summed E-state index contributed by atoms with van der Waals surface area (Å²) in [4.78, 5) is 16.9. The smallest absolute Gasteiger partial charge is 0.252 e. The van der Waals surface area contributed by atoms with Gasteiger partial charge in [-0.2, -0.15) is 5.26 Å². The topological polar surface area (TPSA) is 65.8 Å². The molecule has 0 aliphatic heterocycles. The van der Waals surface area contributed by atoms with E-state index in [4.69, 9.17) is 5.26 Å². The second kappa shape index (κ2) is 5.74. The maximum Gasteiger partial charge on any atom is 0.252 e. The molecule has 1 amide bonds. The van der Waals surface area contributed by atoms with Crippen LogP contribution in [0.25, 0.3) is 10.9 Å². The molecular formula is C16H15N3OS. The van der Waals surface area contributed by atoms with E-state index in [-0.39, 0.29) is 11.2 Å². The maximum atomic E-state index is 12.4. The zero-order valence-electron chi connectivity index (χ0n) is 11.7. The van der Waals surface area contributed by atoms with Crippen LogP contribution in [0.3, 0.4) is 0 Å². The largest absolute Gasteiger partial charge is 0.349 e. The van der Waals surface area contributed by atoms with Gasteiger partial charge in [0.25, 0.3) is 5.91 Å². The normalized spacial score (nSPS) is 15.4. The van der Waals surface area contributed by atoms with Crippen LogP contribution in [-0.4, -0.2) is 22.2 Å². The number of nitriles is 1. The van der Waals surface area contributed by atoms with Gasteiger partial charge in [-0.15, -0.1) is 0 Å². The van der Waals surface area contributed by atoms with Gasteiger partial charge in [0.15, 0.2) is 0 Å². The van der Waals surface area contributed by atoms with Gasteiger partial charge in [-0.3, -0.25) is 4.79 Å². The van der Waals surface area contributed by atoms with E-state index in [1.54, 1.807) is 6.07 Å². The summed E-state index contributed by atoms with van der Waals surface area (Å²) in [6, 6.07) is 11.9.